The van der Waals surface area contributed by atoms with Crippen LogP contribution >= 0.6 is 0 Å². The second kappa shape index (κ2) is 5.88. The first kappa shape index (κ1) is 10.1. The van der Waals surface area contributed by atoms with Crippen LogP contribution in [0.15, 0.2) is 12.7 Å². The summed E-state index contributed by atoms with van der Waals surface area (Å²) in [6, 6.07) is -0.694. The molecule has 2 N–H and O–H groups in total. The van der Waals surface area contributed by atoms with Crippen LogP contribution in [0, 0.1) is 0 Å². The Morgan fingerprint density at radius 1 is 1.82 bits per heavy atom. The van der Waals surface area contributed by atoms with Gasteiger partial charge in [0.2, 0.25) is 0 Å². The highest BCUT2D eigenvalue weighted by molar-refractivity contribution is 5.75. The van der Waals surface area contributed by atoms with Gasteiger partial charge in [-0.3, -0.25) is 4.79 Å². The Hall–Kier alpha value is -0.870. The van der Waals surface area contributed by atoms with Gasteiger partial charge in [-0.2, -0.15) is 0 Å². The van der Waals surface area contributed by atoms with Crippen molar-refractivity contribution in [1.29, 1.82) is 0 Å². The van der Waals surface area contributed by atoms with Gasteiger partial charge in [0.1, 0.15) is 12.6 Å². The fraction of sp³-hybridized carbons (Fsp3) is 0.571. The van der Waals surface area contributed by atoms with Crippen molar-refractivity contribution in [1.82, 2.24) is 0 Å². The molecule has 0 spiro atoms. The molecule has 1 atom stereocenters. The summed E-state index contributed by atoms with van der Waals surface area (Å²) < 4.78 is 9.30. The molecule has 0 bridgehead atoms. The largest absolute Gasteiger partial charge is 0.460 e. The van der Waals surface area contributed by atoms with Crippen LogP contribution in [0.1, 0.15) is 0 Å². The van der Waals surface area contributed by atoms with E-state index in [1.807, 2.05) is 0 Å². The Morgan fingerprint density at radius 2 is 2.45 bits per heavy atom. The van der Waals surface area contributed by atoms with E-state index in [2.05, 4.69) is 16.1 Å². The Morgan fingerprint density at radius 3 is 2.91 bits per heavy atom. The molecule has 11 heavy (non-hydrogen) atoms. The summed E-state index contributed by atoms with van der Waals surface area (Å²) in [5, 5.41) is 0. The number of hydrogen-bond acceptors (Lipinski definition) is 4. The van der Waals surface area contributed by atoms with Crippen LogP contribution < -0.4 is 5.73 Å². The summed E-state index contributed by atoms with van der Waals surface area (Å²) in [6.45, 7) is 3.76. The van der Waals surface area contributed by atoms with Crippen LogP contribution in [0.3, 0.4) is 0 Å². The first-order chi connectivity index (χ1) is 5.22. The Balaban J connectivity index is 3.54. The molecule has 0 aromatic heterocycles. The summed E-state index contributed by atoms with van der Waals surface area (Å²) >= 11 is 0. The molecule has 0 heterocycles. The van der Waals surface area contributed by atoms with Crippen molar-refractivity contribution in [3.63, 3.8) is 0 Å². The lowest BCUT2D eigenvalue weighted by Gasteiger charge is -2.08. The molecular weight excluding hydrogens is 146 g/mol. The zero-order chi connectivity index (χ0) is 8.69. The molecule has 4 nitrogen and oxygen atoms in total. The Labute approximate surface area is 66.0 Å². The summed E-state index contributed by atoms with van der Waals surface area (Å²) in [4.78, 5) is 10.8. The maximum atomic E-state index is 10.8. The van der Waals surface area contributed by atoms with Crippen molar-refractivity contribution in [3.05, 3.63) is 12.7 Å². The lowest BCUT2D eigenvalue weighted by atomic mass is 10.3. The molecule has 0 aliphatic carbocycles. The van der Waals surface area contributed by atoms with E-state index in [-0.39, 0.29) is 13.2 Å². The van der Waals surface area contributed by atoms with Crippen LogP contribution in [0.5, 0.6) is 0 Å². The topological polar surface area (TPSA) is 61.5 Å². The Bertz CT molecular complexity index is 136. The van der Waals surface area contributed by atoms with E-state index in [9.17, 15) is 4.79 Å². The van der Waals surface area contributed by atoms with Gasteiger partial charge in [-0.1, -0.05) is 12.7 Å². The number of methoxy groups -OCH3 is 1. The number of rotatable bonds is 5. The van der Waals surface area contributed by atoms with E-state index < -0.39 is 12.0 Å². The van der Waals surface area contributed by atoms with E-state index in [0.717, 1.165) is 0 Å². The van der Waals surface area contributed by atoms with Gasteiger partial charge in [-0.05, 0) is 0 Å². The van der Waals surface area contributed by atoms with Gasteiger partial charge in [0, 0.05) is 7.11 Å². The molecular formula is C7H13NO3. The maximum absolute atomic E-state index is 10.8. The minimum Gasteiger partial charge on any atom is -0.460 e. The van der Waals surface area contributed by atoms with Crippen molar-refractivity contribution in [3.8, 4) is 0 Å². The van der Waals surface area contributed by atoms with Gasteiger partial charge >= 0.3 is 5.97 Å². The standard InChI is InChI=1S/C7H13NO3/c1-3-4-11-7(9)6(8)5-10-2/h3,6H,1,4-5,8H2,2H3/t6-/m0/s1. The molecule has 64 valence electrons. The number of carbonyl (C=O) groups excluding carboxylic acids is 1. The van der Waals surface area contributed by atoms with Gasteiger partial charge in [0.25, 0.3) is 0 Å². The van der Waals surface area contributed by atoms with Crippen LogP contribution in [-0.2, 0) is 14.3 Å². The number of nitrogens with two attached hydrogens (primary N) is 1. The van der Waals surface area contributed by atoms with Gasteiger partial charge < -0.3 is 15.2 Å². The molecule has 0 aromatic carbocycles. The molecule has 0 amide bonds. The smallest absolute Gasteiger partial charge is 0.325 e. The predicted molar refractivity (Wildman–Crippen MR) is 41.0 cm³/mol. The molecule has 0 saturated heterocycles. The second-order valence-electron chi connectivity index (χ2n) is 1.98. The number of esters is 1. The van der Waals surface area contributed by atoms with Gasteiger partial charge in [0.15, 0.2) is 0 Å². The van der Waals surface area contributed by atoms with Crippen molar-refractivity contribution in [2.45, 2.75) is 6.04 Å². The molecule has 0 rings (SSSR count). The second-order valence-corrected chi connectivity index (χ2v) is 1.98. The van der Waals surface area contributed by atoms with Crippen LogP contribution in [0.2, 0.25) is 0 Å². The van der Waals surface area contributed by atoms with E-state index in [1.54, 1.807) is 0 Å². The van der Waals surface area contributed by atoms with E-state index in [4.69, 9.17) is 5.73 Å². The average Bonchev–Trinajstić information content (AvgIpc) is 2.00. The average molecular weight is 159 g/mol. The number of hydrogen-bond donors (Lipinski definition) is 1. The zero-order valence-corrected chi connectivity index (χ0v) is 6.58. The monoisotopic (exact) mass is 159 g/mol. The predicted octanol–water partition coefficient (Wildman–Crippen LogP) is -0.311. The highest BCUT2D eigenvalue weighted by Crippen LogP contribution is 1.86. The lowest BCUT2D eigenvalue weighted by molar-refractivity contribution is -0.145. The first-order valence-corrected chi connectivity index (χ1v) is 3.24. The summed E-state index contributed by atoms with van der Waals surface area (Å²) in [5.41, 5.74) is 5.33. The lowest BCUT2D eigenvalue weighted by Crippen LogP contribution is -2.36. The van der Waals surface area contributed by atoms with Crippen molar-refractivity contribution < 1.29 is 14.3 Å². The van der Waals surface area contributed by atoms with Gasteiger partial charge in [0.05, 0.1) is 6.61 Å². The van der Waals surface area contributed by atoms with Crippen molar-refractivity contribution >= 4 is 5.97 Å². The summed E-state index contributed by atoms with van der Waals surface area (Å²) in [7, 11) is 1.47. The van der Waals surface area contributed by atoms with E-state index >= 15 is 0 Å². The third-order valence-electron chi connectivity index (χ3n) is 0.992. The van der Waals surface area contributed by atoms with Crippen molar-refractivity contribution in [2.75, 3.05) is 20.3 Å². The molecule has 0 aliphatic rings. The summed E-state index contributed by atoms with van der Waals surface area (Å²) in [5.74, 6) is -0.466. The summed E-state index contributed by atoms with van der Waals surface area (Å²) in [6.07, 6.45) is 1.48. The normalized spacial score (nSPS) is 12.2. The highest BCUT2D eigenvalue weighted by atomic mass is 16.5. The molecule has 0 saturated carbocycles. The highest BCUT2D eigenvalue weighted by Gasteiger charge is 2.13. The molecule has 4 heteroatoms. The number of carbonyl (C=O) groups is 1. The number of ether oxygens (including phenoxy) is 2. The Kier molecular flexibility index (Phi) is 5.42. The van der Waals surface area contributed by atoms with E-state index in [1.165, 1.54) is 13.2 Å². The van der Waals surface area contributed by atoms with Crippen molar-refractivity contribution in [2.24, 2.45) is 5.73 Å². The van der Waals surface area contributed by atoms with Crippen LogP contribution in [0.25, 0.3) is 0 Å². The molecule has 0 aromatic rings. The van der Waals surface area contributed by atoms with Gasteiger partial charge in [-0.25, -0.2) is 0 Å². The molecule has 0 unspecified atom stereocenters. The molecule has 0 aliphatic heterocycles. The third-order valence-corrected chi connectivity index (χ3v) is 0.992. The molecule has 0 radical (unpaired) electrons. The zero-order valence-electron chi connectivity index (χ0n) is 6.58. The first-order valence-electron chi connectivity index (χ1n) is 3.24. The molecule has 0 fully saturated rings. The fourth-order valence-corrected chi connectivity index (χ4v) is 0.496. The minimum atomic E-state index is -0.694. The minimum absolute atomic E-state index is 0.177. The van der Waals surface area contributed by atoms with Gasteiger partial charge in [-0.15, -0.1) is 0 Å². The quantitative estimate of drug-likeness (QED) is 0.441. The maximum Gasteiger partial charge on any atom is 0.325 e. The third kappa shape index (κ3) is 4.52. The SMILES string of the molecule is C=CCOC(=O)[C@@H](N)COC. The van der Waals surface area contributed by atoms with E-state index in [0.29, 0.717) is 0 Å². The van der Waals surface area contributed by atoms with Crippen LogP contribution in [-0.4, -0.2) is 32.3 Å². The fourth-order valence-electron chi connectivity index (χ4n) is 0.496. The van der Waals surface area contributed by atoms with Crippen LogP contribution in [0.4, 0.5) is 0 Å².